The first-order chi connectivity index (χ1) is 8.03. The van der Waals surface area contributed by atoms with Gasteiger partial charge in [0, 0.05) is 33.1 Å². The van der Waals surface area contributed by atoms with Crippen molar-refractivity contribution >= 4 is 5.96 Å². The number of hydrogen-bond donors (Lipinski definition) is 1. The number of nitrogens with one attached hydrogen (secondary N) is 1. The number of halogens is 3. The van der Waals surface area contributed by atoms with Gasteiger partial charge in [-0.1, -0.05) is 0 Å². The van der Waals surface area contributed by atoms with Crippen LogP contribution in [0.5, 0.6) is 0 Å². The van der Waals surface area contributed by atoms with Crippen LogP contribution in [0.2, 0.25) is 0 Å². The minimum absolute atomic E-state index is 0.174. The number of rotatable bonds is 4. The molecule has 1 fully saturated rings. The van der Waals surface area contributed by atoms with E-state index in [1.165, 1.54) is 0 Å². The third-order valence-electron chi connectivity index (χ3n) is 2.79. The van der Waals surface area contributed by atoms with Crippen molar-refractivity contribution in [2.75, 3.05) is 26.7 Å². The van der Waals surface area contributed by atoms with Crippen LogP contribution in [0.15, 0.2) is 4.99 Å². The predicted octanol–water partition coefficient (Wildman–Crippen LogP) is 2.39. The maximum absolute atomic E-state index is 11.9. The molecular weight excluding hydrogens is 231 g/mol. The van der Waals surface area contributed by atoms with Crippen molar-refractivity contribution in [1.82, 2.24) is 10.2 Å². The summed E-state index contributed by atoms with van der Waals surface area (Å²) in [4.78, 5) is 6.27. The molecule has 0 atom stereocenters. The Labute approximate surface area is 100 Å². The highest BCUT2D eigenvalue weighted by Gasteiger charge is 2.25. The minimum atomic E-state index is -4.03. The lowest BCUT2D eigenvalue weighted by Gasteiger charge is -2.20. The molecule has 0 amide bonds. The van der Waals surface area contributed by atoms with Gasteiger partial charge in [-0.25, -0.2) is 0 Å². The van der Waals surface area contributed by atoms with Crippen LogP contribution in [0.4, 0.5) is 13.2 Å². The van der Waals surface area contributed by atoms with E-state index in [2.05, 4.69) is 15.2 Å². The van der Waals surface area contributed by atoms with Crippen molar-refractivity contribution in [2.45, 2.75) is 38.3 Å². The Bertz CT molecular complexity index is 245. The summed E-state index contributed by atoms with van der Waals surface area (Å²) in [5.74, 6) is 0.814. The second-order valence-electron chi connectivity index (χ2n) is 4.24. The SMILES string of the molecule is CN=C(NCCCCC(F)(F)F)N1CCCC1. The van der Waals surface area contributed by atoms with Crippen LogP contribution in [0, 0.1) is 0 Å². The second-order valence-corrected chi connectivity index (χ2v) is 4.24. The van der Waals surface area contributed by atoms with E-state index in [4.69, 9.17) is 0 Å². The summed E-state index contributed by atoms with van der Waals surface area (Å²) in [5.41, 5.74) is 0. The van der Waals surface area contributed by atoms with Gasteiger partial charge < -0.3 is 10.2 Å². The average molecular weight is 251 g/mol. The molecule has 17 heavy (non-hydrogen) atoms. The number of likely N-dealkylation sites (tertiary alicyclic amines) is 1. The molecule has 6 heteroatoms. The van der Waals surface area contributed by atoms with E-state index >= 15 is 0 Å². The highest BCUT2D eigenvalue weighted by Crippen LogP contribution is 2.21. The number of unbranched alkanes of at least 4 members (excludes halogenated alkanes) is 1. The van der Waals surface area contributed by atoms with Crippen LogP contribution < -0.4 is 5.32 Å². The summed E-state index contributed by atoms with van der Waals surface area (Å²) in [6, 6.07) is 0. The summed E-state index contributed by atoms with van der Waals surface area (Å²) < 4.78 is 35.7. The number of aliphatic imine (C=N–C) groups is 1. The first kappa shape index (κ1) is 14.1. The highest BCUT2D eigenvalue weighted by molar-refractivity contribution is 5.80. The average Bonchev–Trinajstić information content (AvgIpc) is 2.75. The molecule has 0 radical (unpaired) electrons. The highest BCUT2D eigenvalue weighted by atomic mass is 19.4. The molecule has 1 heterocycles. The van der Waals surface area contributed by atoms with Crippen molar-refractivity contribution in [2.24, 2.45) is 4.99 Å². The molecule has 1 N–H and O–H groups in total. The molecule has 0 aromatic rings. The molecule has 0 spiro atoms. The Morgan fingerprint density at radius 3 is 2.41 bits per heavy atom. The van der Waals surface area contributed by atoms with E-state index in [9.17, 15) is 13.2 Å². The van der Waals surface area contributed by atoms with Gasteiger partial charge >= 0.3 is 6.18 Å². The van der Waals surface area contributed by atoms with Gasteiger partial charge in [0.2, 0.25) is 0 Å². The smallest absolute Gasteiger partial charge is 0.356 e. The standard InChI is InChI=1S/C11H20F3N3/c1-15-10(17-8-4-5-9-17)16-7-3-2-6-11(12,13)14/h2-9H2,1H3,(H,15,16). The Hall–Kier alpha value is -0.940. The lowest BCUT2D eigenvalue weighted by Crippen LogP contribution is -2.39. The molecule has 0 saturated carbocycles. The molecule has 0 bridgehead atoms. The molecule has 0 unspecified atom stereocenters. The second kappa shape index (κ2) is 6.71. The zero-order valence-corrected chi connectivity index (χ0v) is 10.2. The summed E-state index contributed by atoms with van der Waals surface area (Å²) in [5, 5.41) is 3.11. The van der Waals surface area contributed by atoms with Crippen molar-refractivity contribution < 1.29 is 13.2 Å². The van der Waals surface area contributed by atoms with E-state index in [0.717, 1.165) is 31.9 Å². The molecule has 100 valence electrons. The summed E-state index contributed by atoms with van der Waals surface area (Å²) in [6.07, 6.45) is -1.71. The van der Waals surface area contributed by atoms with E-state index in [1.807, 2.05) is 0 Å². The monoisotopic (exact) mass is 251 g/mol. The van der Waals surface area contributed by atoms with Crippen LogP contribution in [0.3, 0.4) is 0 Å². The fraction of sp³-hybridized carbons (Fsp3) is 0.909. The largest absolute Gasteiger partial charge is 0.389 e. The molecule has 1 saturated heterocycles. The number of guanidine groups is 1. The lowest BCUT2D eigenvalue weighted by atomic mass is 10.2. The Kier molecular flexibility index (Phi) is 5.58. The van der Waals surface area contributed by atoms with Gasteiger partial charge in [-0.15, -0.1) is 0 Å². The van der Waals surface area contributed by atoms with E-state index in [-0.39, 0.29) is 6.42 Å². The van der Waals surface area contributed by atoms with Crippen molar-refractivity contribution in [1.29, 1.82) is 0 Å². The quantitative estimate of drug-likeness (QED) is 0.472. The number of hydrogen-bond acceptors (Lipinski definition) is 1. The molecule has 1 aliphatic heterocycles. The van der Waals surface area contributed by atoms with E-state index < -0.39 is 12.6 Å². The maximum atomic E-state index is 11.9. The van der Waals surface area contributed by atoms with Gasteiger partial charge in [-0.3, -0.25) is 4.99 Å². The number of nitrogens with zero attached hydrogens (tertiary/aromatic N) is 2. The lowest BCUT2D eigenvalue weighted by molar-refractivity contribution is -0.135. The summed E-state index contributed by atoms with van der Waals surface area (Å²) in [6.45, 7) is 2.53. The van der Waals surface area contributed by atoms with Crippen LogP contribution in [0.1, 0.15) is 32.1 Å². The molecule has 1 aliphatic rings. The van der Waals surface area contributed by atoms with E-state index in [1.54, 1.807) is 7.05 Å². The summed E-state index contributed by atoms with van der Waals surface area (Å²) in [7, 11) is 1.70. The third-order valence-corrected chi connectivity index (χ3v) is 2.79. The topological polar surface area (TPSA) is 27.6 Å². The first-order valence-electron chi connectivity index (χ1n) is 6.05. The van der Waals surface area contributed by atoms with Gasteiger partial charge in [0.1, 0.15) is 0 Å². The fourth-order valence-electron chi connectivity index (χ4n) is 1.91. The minimum Gasteiger partial charge on any atom is -0.356 e. The molecule has 0 aromatic heterocycles. The van der Waals surface area contributed by atoms with Crippen molar-refractivity contribution in [3.63, 3.8) is 0 Å². The molecule has 1 rings (SSSR count). The van der Waals surface area contributed by atoms with E-state index in [0.29, 0.717) is 13.0 Å². The van der Waals surface area contributed by atoms with Crippen LogP contribution in [0.25, 0.3) is 0 Å². The molecule has 0 aliphatic carbocycles. The van der Waals surface area contributed by atoms with Crippen molar-refractivity contribution in [3.8, 4) is 0 Å². The number of alkyl halides is 3. The zero-order valence-electron chi connectivity index (χ0n) is 10.2. The van der Waals surface area contributed by atoms with Gasteiger partial charge in [-0.05, 0) is 25.7 Å². The first-order valence-corrected chi connectivity index (χ1v) is 6.05. The van der Waals surface area contributed by atoms with Gasteiger partial charge in [-0.2, -0.15) is 13.2 Å². The molecular formula is C11H20F3N3. The van der Waals surface area contributed by atoms with Crippen LogP contribution >= 0.6 is 0 Å². The Morgan fingerprint density at radius 1 is 1.24 bits per heavy atom. The van der Waals surface area contributed by atoms with Gasteiger partial charge in [0.05, 0.1) is 0 Å². The zero-order chi connectivity index (χ0) is 12.7. The van der Waals surface area contributed by atoms with Crippen LogP contribution in [-0.4, -0.2) is 43.7 Å². The third kappa shape index (κ3) is 5.79. The normalized spacial score (nSPS) is 17.6. The van der Waals surface area contributed by atoms with Crippen LogP contribution in [-0.2, 0) is 0 Å². The maximum Gasteiger partial charge on any atom is 0.389 e. The summed E-state index contributed by atoms with van der Waals surface area (Å²) >= 11 is 0. The molecule has 0 aromatic carbocycles. The fourth-order valence-corrected chi connectivity index (χ4v) is 1.91. The van der Waals surface area contributed by atoms with Gasteiger partial charge in [0.25, 0.3) is 0 Å². The Morgan fingerprint density at radius 2 is 1.88 bits per heavy atom. The predicted molar refractivity (Wildman–Crippen MR) is 62.1 cm³/mol. The van der Waals surface area contributed by atoms with Crippen molar-refractivity contribution in [3.05, 3.63) is 0 Å². The van der Waals surface area contributed by atoms with Gasteiger partial charge in [0.15, 0.2) is 5.96 Å². The Balaban J connectivity index is 2.12. The molecule has 3 nitrogen and oxygen atoms in total.